The van der Waals surface area contributed by atoms with Gasteiger partial charge in [-0.25, -0.2) is 0 Å². The molecule has 0 aromatic heterocycles. The Balaban J connectivity index is 1.62. The number of fused-ring (bicyclic) bond motifs is 1. The van der Waals surface area contributed by atoms with Crippen molar-refractivity contribution in [3.63, 3.8) is 0 Å². The summed E-state index contributed by atoms with van der Waals surface area (Å²) < 4.78 is 5.57. The topological polar surface area (TPSA) is 50.4 Å². The van der Waals surface area contributed by atoms with E-state index in [1.807, 2.05) is 56.3 Å². The van der Waals surface area contributed by atoms with Crippen LogP contribution in [0.3, 0.4) is 0 Å². The molecule has 2 N–H and O–H groups in total. The molecule has 0 atom stereocenters. The molecular formula is C21H20N2O2S. The van der Waals surface area contributed by atoms with Crippen LogP contribution in [0.15, 0.2) is 66.7 Å². The number of ether oxygens (including phenoxy) is 1. The highest BCUT2D eigenvalue weighted by Crippen LogP contribution is 2.19. The smallest absolute Gasteiger partial charge is 0.257 e. The average Bonchev–Trinajstić information content (AvgIpc) is 2.61. The van der Waals surface area contributed by atoms with E-state index in [0.29, 0.717) is 5.56 Å². The second-order valence-corrected chi connectivity index (χ2v) is 6.57. The van der Waals surface area contributed by atoms with E-state index in [9.17, 15) is 4.79 Å². The zero-order valence-electron chi connectivity index (χ0n) is 14.7. The van der Waals surface area contributed by atoms with Gasteiger partial charge in [0.1, 0.15) is 5.75 Å². The number of hydrogen-bond acceptors (Lipinski definition) is 3. The molecule has 0 aliphatic rings. The van der Waals surface area contributed by atoms with Crippen molar-refractivity contribution in [1.29, 1.82) is 0 Å². The molecule has 0 bridgehead atoms. The Bertz CT molecular complexity index is 936. The molecule has 0 unspecified atom stereocenters. The maximum atomic E-state index is 12.3. The van der Waals surface area contributed by atoms with Crippen LogP contribution < -0.4 is 15.4 Å². The standard InChI is InChI=1S/C21H20N2O2S/c1-14(2)25-19-11-8-16(9-12-19)20(24)23-21(26)22-18-10-7-15-5-3-4-6-17(15)13-18/h3-14H,1-2H3,(H2,22,23,24,26). The van der Waals surface area contributed by atoms with Gasteiger partial charge in [-0.05, 0) is 73.2 Å². The third-order valence-electron chi connectivity index (χ3n) is 3.72. The largest absolute Gasteiger partial charge is 0.491 e. The summed E-state index contributed by atoms with van der Waals surface area (Å²) in [6.07, 6.45) is 0.0911. The Hall–Kier alpha value is -2.92. The molecule has 0 fully saturated rings. The van der Waals surface area contributed by atoms with Crippen molar-refractivity contribution in [2.45, 2.75) is 20.0 Å². The number of hydrogen-bond donors (Lipinski definition) is 2. The van der Waals surface area contributed by atoms with Crippen molar-refractivity contribution in [3.8, 4) is 5.75 Å². The molecule has 0 saturated heterocycles. The second-order valence-electron chi connectivity index (χ2n) is 6.16. The minimum atomic E-state index is -0.264. The number of anilines is 1. The summed E-state index contributed by atoms with van der Waals surface area (Å²) in [6.45, 7) is 3.91. The van der Waals surface area contributed by atoms with Crippen LogP contribution in [0.5, 0.6) is 5.75 Å². The normalized spacial score (nSPS) is 10.6. The summed E-state index contributed by atoms with van der Waals surface area (Å²) in [6, 6.07) is 21.0. The van der Waals surface area contributed by atoms with E-state index in [1.165, 1.54) is 0 Å². The summed E-state index contributed by atoms with van der Waals surface area (Å²) in [7, 11) is 0. The van der Waals surface area contributed by atoms with Gasteiger partial charge in [0.15, 0.2) is 5.11 Å². The first-order valence-electron chi connectivity index (χ1n) is 8.39. The third-order valence-corrected chi connectivity index (χ3v) is 3.93. The summed E-state index contributed by atoms with van der Waals surface area (Å²) in [5, 5.41) is 8.25. The van der Waals surface area contributed by atoms with Gasteiger partial charge < -0.3 is 10.1 Å². The van der Waals surface area contributed by atoms with Crippen molar-refractivity contribution < 1.29 is 9.53 Å². The zero-order chi connectivity index (χ0) is 18.5. The number of carbonyl (C=O) groups excluding carboxylic acids is 1. The molecule has 0 saturated carbocycles. The minimum absolute atomic E-state index is 0.0911. The molecular weight excluding hydrogens is 344 g/mol. The lowest BCUT2D eigenvalue weighted by atomic mass is 10.1. The van der Waals surface area contributed by atoms with Gasteiger partial charge in [0.05, 0.1) is 6.10 Å². The number of thiocarbonyl (C=S) groups is 1. The summed E-state index contributed by atoms with van der Waals surface area (Å²) in [4.78, 5) is 12.3. The maximum Gasteiger partial charge on any atom is 0.257 e. The van der Waals surface area contributed by atoms with Gasteiger partial charge in [-0.2, -0.15) is 0 Å². The first kappa shape index (κ1) is 17.9. The van der Waals surface area contributed by atoms with Crippen LogP contribution in [0, 0.1) is 0 Å². The van der Waals surface area contributed by atoms with Gasteiger partial charge in [-0.3, -0.25) is 10.1 Å². The number of benzene rings is 3. The van der Waals surface area contributed by atoms with Crippen LogP contribution in [0.2, 0.25) is 0 Å². The van der Waals surface area contributed by atoms with Gasteiger partial charge in [-0.1, -0.05) is 30.3 Å². The molecule has 0 aliphatic carbocycles. The van der Waals surface area contributed by atoms with E-state index in [1.54, 1.807) is 24.3 Å². The fourth-order valence-electron chi connectivity index (χ4n) is 2.56. The quantitative estimate of drug-likeness (QED) is 0.656. The van der Waals surface area contributed by atoms with Gasteiger partial charge >= 0.3 is 0 Å². The van der Waals surface area contributed by atoms with Crippen molar-refractivity contribution in [3.05, 3.63) is 72.3 Å². The maximum absolute atomic E-state index is 12.3. The Kier molecular flexibility index (Phi) is 5.49. The molecule has 1 amide bonds. The van der Waals surface area contributed by atoms with E-state index < -0.39 is 0 Å². The molecule has 4 nitrogen and oxygen atoms in total. The molecule has 5 heteroatoms. The fraction of sp³-hybridized carbons (Fsp3) is 0.143. The highest BCUT2D eigenvalue weighted by molar-refractivity contribution is 7.80. The Labute approximate surface area is 158 Å². The SMILES string of the molecule is CC(C)Oc1ccc(C(=O)NC(=S)Nc2ccc3ccccc3c2)cc1. The Morgan fingerprint density at radius 3 is 2.35 bits per heavy atom. The molecule has 3 aromatic carbocycles. The van der Waals surface area contributed by atoms with E-state index in [4.69, 9.17) is 17.0 Å². The van der Waals surface area contributed by atoms with Crippen LogP contribution >= 0.6 is 12.2 Å². The molecule has 3 aromatic rings. The van der Waals surface area contributed by atoms with Crippen molar-refractivity contribution >= 4 is 39.7 Å². The van der Waals surface area contributed by atoms with Crippen LogP contribution in [0.1, 0.15) is 24.2 Å². The summed E-state index contributed by atoms with van der Waals surface area (Å²) in [5.41, 5.74) is 1.35. The fourth-order valence-corrected chi connectivity index (χ4v) is 2.77. The molecule has 3 rings (SSSR count). The molecule has 0 radical (unpaired) electrons. The van der Waals surface area contributed by atoms with Gasteiger partial charge in [0.25, 0.3) is 5.91 Å². The van der Waals surface area contributed by atoms with Gasteiger partial charge in [0.2, 0.25) is 0 Å². The van der Waals surface area contributed by atoms with Crippen LogP contribution in [-0.4, -0.2) is 17.1 Å². The molecule has 26 heavy (non-hydrogen) atoms. The lowest BCUT2D eigenvalue weighted by Crippen LogP contribution is -2.34. The molecule has 0 heterocycles. The van der Waals surface area contributed by atoms with E-state index in [2.05, 4.69) is 10.6 Å². The van der Waals surface area contributed by atoms with E-state index >= 15 is 0 Å². The highest BCUT2D eigenvalue weighted by atomic mass is 32.1. The van der Waals surface area contributed by atoms with Crippen molar-refractivity contribution in [1.82, 2.24) is 5.32 Å². The number of carbonyl (C=O) groups is 1. The summed E-state index contributed by atoms with van der Waals surface area (Å²) >= 11 is 5.25. The van der Waals surface area contributed by atoms with Crippen molar-refractivity contribution in [2.75, 3.05) is 5.32 Å². The van der Waals surface area contributed by atoms with Crippen LogP contribution in [-0.2, 0) is 0 Å². The van der Waals surface area contributed by atoms with Gasteiger partial charge in [0, 0.05) is 11.3 Å². The Morgan fingerprint density at radius 2 is 1.65 bits per heavy atom. The first-order valence-corrected chi connectivity index (χ1v) is 8.80. The van der Waals surface area contributed by atoms with Crippen LogP contribution in [0.25, 0.3) is 10.8 Å². The third kappa shape index (κ3) is 4.58. The second kappa shape index (κ2) is 7.97. The predicted molar refractivity (Wildman–Crippen MR) is 110 cm³/mol. The van der Waals surface area contributed by atoms with E-state index in [0.717, 1.165) is 22.2 Å². The Morgan fingerprint density at radius 1 is 0.962 bits per heavy atom. The summed E-state index contributed by atoms with van der Waals surface area (Å²) in [5.74, 6) is 0.466. The number of amides is 1. The zero-order valence-corrected chi connectivity index (χ0v) is 15.5. The number of nitrogens with one attached hydrogen (secondary N) is 2. The molecule has 0 aliphatic heterocycles. The van der Waals surface area contributed by atoms with Gasteiger partial charge in [-0.15, -0.1) is 0 Å². The monoisotopic (exact) mass is 364 g/mol. The lowest BCUT2D eigenvalue weighted by molar-refractivity contribution is 0.0977. The van der Waals surface area contributed by atoms with E-state index in [-0.39, 0.29) is 17.1 Å². The predicted octanol–water partition coefficient (Wildman–Crippen LogP) is 4.75. The average molecular weight is 364 g/mol. The number of rotatable bonds is 4. The first-order chi connectivity index (χ1) is 12.5. The van der Waals surface area contributed by atoms with Crippen LogP contribution in [0.4, 0.5) is 5.69 Å². The minimum Gasteiger partial charge on any atom is -0.491 e. The van der Waals surface area contributed by atoms with Crippen molar-refractivity contribution in [2.24, 2.45) is 0 Å². The molecule has 0 spiro atoms. The lowest BCUT2D eigenvalue weighted by Gasteiger charge is -2.12. The molecule has 132 valence electrons. The highest BCUT2D eigenvalue weighted by Gasteiger charge is 2.09.